The fraction of sp³-hybridized carbons (Fsp3) is 0.318. The number of benzene rings is 2. The number of carbonyl (C=O) groups is 1. The number of halogens is 3. The number of aromatic nitrogens is 2. The molecule has 5 nitrogen and oxygen atoms in total. The maximum absolute atomic E-state index is 13.1. The van der Waals surface area contributed by atoms with E-state index in [1.807, 2.05) is 37.3 Å². The number of fused-ring (bicyclic) bond motifs is 1. The SMILES string of the molecule is CCCCN(CC(F)(F)F)C(=O)c1nn(Cc2ccccc2)c(=O)c2ccccc12. The van der Waals surface area contributed by atoms with Gasteiger partial charge in [0.25, 0.3) is 11.5 Å². The molecule has 8 heteroatoms. The number of unbranched alkanes of at least 4 members (excludes halogenated alkanes) is 1. The van der Waals surface area contributed by atoms with Crippen molar-refractivity contribution in [1.82, 2.24) is 14.7 Å². The highest BCUT2D eigenvalue weighted by Gasteiger charge is 2.34. The average molecular weight is 417 g/mol. The minimum absolute atomic E-state index is 0.0390. The molecule has 0 radical (unpaired) electrons. The summed E-state index contributed by atoms with van der Waals surface area (Å²) in [6.45, 7) is 0.547. The number of alkyl halides is 3. The van der Waals surface area contributed by atoms with Crippen molar-refractivity contribution in [2.45, 2.75) is 32.5 Å². The fourth-order valence-electron chi connectivity index (χ4n) is 3.22. The lowest BCUT2D eigenvalue weighted by Gasteiger charge is -2.24. The van der Waals surface area contributed by atoms with Crippen LogP contribution in [-0.2, 0) is 6.54 Å². The number of amides is 1. The summed E-state index contributed by atoms with van der Waals surface area (Å²) >= 11 is 0. The van der Waals surface area contributed by atoms with Gasteiger partial charge in [0.2, 0.25) is 0 Å². The van der Waals surface area contributed by atoms with Crippen molar-refractivity contribution in [2.75, 3.05) is 13.1 Å². The Hall–Kier alpha value is -3.16. The zero-order valence-electron chi connectivity index (χ0n) is 16.5. The van der Waals surface area contributed by atoms with Crippen LogP contribution < -0.4 is 5.56 Å². The van der Waals surface area contributed by atoms with Crippen molar-refractivity contribution >= 4 is 16.7 Å². The summed E-state index contributed by atoms with van der Waals surface area (Å²) in [6, 6.07) is 15.4. The molecule has 1 amide bonds. The zero-order valence-corrected chi connectivity index (χ0v) is 16.5. The normalized spacial score (nSPS) is 11.6. The first kappa shape index (κ1) is 21.5. The zero-order chi connectivity index (χ0) is 21.7. The molecular weight excluding hydrogens is 395 g/mol. The quantitative estimate of drug-likeness (QED) is 0.578. The molecule has 3 aromatic rings. The minimum atomic E-state index is -4.53. The fourth-order valence-corrected chi connectivity index (χ4v) is 3.22. The second-order valence-electron chi connectivity index (χ2n) is 7.04. The van der Waals surface area contributed by atoms with Gasteiger partial charge in [-0.2, -0.15) is 18.3 Å². The van der Waals surface area contributed by atoms with Gasteiger partial charge in [-0.15, -0.1) is 0 Å². The van der Waals surface area contributed by atoms with Gasteiger partial charge in [-0.25, -0.2) is 4.68 Å². The molecular formula is C22H22F3N3O2. The van der Waals surface area contributed by atoms with Crippen LogP contribution in [0, 0.1) is 0 Å². The molecule has 0 aliphatic carbocycles. The molecule has 0 aliphatic rings. The van der Waals surface area contributed by atoms with Gasteiger partial charge in [0.1, 0.15) is 6.54 Å². The summed E-state index contributed by atoms with van der Waals surface area (Å²) in [7, 11) is 0. The van der Waals surface area contributed by atoms with E-state index in [9.17, 15) is 22.8 Å². The molecule has 0 spiro atoms. The van der Waals surface area contributed by atoms with Crippen LogP contribution in [0.1, 0.15) is 35.8 Å². The van der Waals surface area contributed by atoms with Crippen LogP contribution >= 0.6 is 0 Å². The standard InChI is InChI=1S/C22H22F3N3O2/c1-2-3-13-27(15-22(23,24)25)21(30)19-17-11-7-8-12-18(17)20(29)28(26-19)14-16-9-5-4-6-10-16/h4-12H,2-3,13-15H2,1H3. The lowest BCUT2D eigenvalue weighted by atomic mass is 10.1. The van der Waals surface area contributed by atoms with Gasteiger partial charge in [-0.05, 0) is 18.1 Å². The van der Waals surface area contributed by atoms with Gasteiger partial charge in [-0.1, -0.05) is 61.9 Å². The highest BCUT2D eigenvalue weighted by atomic mass is 19.4. The second kappa shape index (κ2) is 9.11. The first-order chi connectivity index (χ1) is 14.3. The molecule has 0 saturated carbocycles. The average Bonchev–Trinajstić information content (AvgIpc) is 2.72. The molecule has 0 aliphatic heterocycles. The Morgan fingerprint density at radius 3 is 2.30 bits per heavy atom. The van der Waals surface area contributed by atoms with Crippen molar-refractivity contribution in [1.29, 1.82) is 0 Å². The van der Waals surface area contributed by atoms with Crippen molar-refractivity contribution in [3.8, 4) is 0 Å². The van der Waals surface area contributed by atoms with Gasteiger partial charge in [0.05, 0.1) is 11.9 Å². The Labute approximate surface area is 171 Å². The number of hydrogen-bond donors (Lipinski definition) is 0. The minimum Gasteiger partial charge on any atom is -0.328 e. The Morgan fingerprint density at radius 1 is 1.03 bits per heavy atom. The Morgan fingerprint density at radius 2 is 1.67 bits per heavy atom. The van der Waals surface area contributed by atoms with E-state index in [1.54, 1.807) is 18.2 Å². The molecule has 2 aromatic carbocycles. The van der Waals surface area contributed by atoms with Crippen LogP contribution in [0.3, 0.4) is 0 Å². The highest BCUT2D eigenvalue weighted by molar-refractivity contribution is 6.04. The molecule has 3 rings (SSSR count). The monoisotopic (exact) mass is 417 g/mol. The molecule has 0 bridgehead atoms. The number of carbonyl (C=O) groups excluding carboxylic acids is 1. The molecule has 158 valence electrons. The summed E-state index contributed by atoms with van der Waals surface area (Å²) in [4.78, 5) is 26.7. The van der Waals surface area contributed by atoms with Crippen LogP contribution in [-0.4, -0.2) is 39.9 Å². The molecule has 30 heavy (non-hydrogen) atoms. The summed E-state index contributed by atoms with van der Waals surface area (Å²) in [5, 5.41) is 4.70. The smallest absolute Gasteiger partial charge is 0.328 e. The van der Waals surface area contributed by atoms with Crippen LogP contribution in [0.5, 0.6) is 0 Å². The van der Waals surface area contributed by atoms with Crippen LogP contribution in [0.4, 0.5) is 13.2 Å². The van der Waals surface area contributed by atoms with E-state index < -0.39 is 24.2 Å². The Balaban J connectivity index is 2.09. The molecule has 0 fully saturated rings. The van der Waals surface area contributed by atoms with E-state index in [4.69, 9.17) is 0 Å². The van der Waals surface area contributed by atoms with E-state index in [0.29, 0.717) is 12.8 Å². The predicted octanol–water partition coefficient (Wildman–Crippen LogP) is 4.25. The molecule has 0 N–H and O–H groups in total. The third kappa shape index (κ3) is 5.06. The molecule has 1 heterocycles. The Kier molecular flexibility index (Phi) is 6.54. The van der Waals surface area contributed by atoms with Gasteiger partial charge < -0.3 is 4.90 Å². The Bertz CT molecular complexity index is 1080. The van der Waals surface area contributed by atoms with Crippen molar-refractivity contribution < 1.29 is 18.0 Å². The summed E-state index contributed by atoms with van der Waals surface area (Å²) in [6.07, 6.45) is -3.45. The first-order valence-electron chi connectivity index (χ1n) is 9.70. The number of hydrogen-bond acceptors (Lipinski definition) is 3. The van der Waals surface area contributed by atoms with Gasteiger partial charge in [0.15, 0.2) is 5.69 Å². The molecule has 1 aromatic heterocycles. The largest absolute Gasteiger partial charge is 0.406 e. The molecule has 0 saturated heterocycles. The lowest BCUT2D eigenvalue weighted by Crippen LogP contribution is -2.41. The van der Waals surface area contributed by atoms with E-state index >= 15 is 0 Å². The molecule has 0 unspecified atom stereocenters. The van der Waals surface area contributed by atoms with Crippen LogP contribution in [0.15, 0.2) is 59.4 Å². The van der Waals surface area contributed by atoms with E-state index in [2.05, 4.69) is 5.10 Å². The van der Waals surface area contributed by atoms with E-state index in [0.717, 1.165) is 15.1 Å². The number of nitrogens with zero attached hydrogens (tertiary/aromatic N) is 3. The highest BCUT2D eigenvalue weighted by Crippen LogP contribution is 2.21. The maximum Gasteiger partial charge on any atom is 0.406 e. The second-order valence-corrected chi connectivity index (χ2v) is 7.04. The predicted molar refractivity (Wildman–Crippen MR) is 108 cm³/mol. The maximum atomic E-state index is 13.1. The van der Waals surface area contributed by atoms with Gasteiger partial charge in [0, 0.05) is 11.9 Å². The summed E-state index contributed by atoms with van der Waals surface area (Å²) in [5.74, 6) is -0.834. The van der Waals surface area contributed by atoms with Gasteiger partial charge in [-0.3, -0.25) is 9.59 Å². The van der Waals surface area contributed by atoms with Crippen molar-refractivity contribution in [3.63, 3.8) is 0 Å². The third-order valence-electron chi connectivity index (χ3n) is 4.68. The lowest BCUT2D eigenvalue weighted by molar-refractivity contribution is -0.140. The van der Waals surface area contributed by atoms with Gasteiger partial charge >= 0.3 is 6.18 Å². The van der Waals surface area contributed by atoms with Crippen LogP contribution in [0.25, 0.3) is 10.8 Å². The summed E-state index contributed by atoms with van der Waals surface area (Å²) < 4.78 is 40.4. The van der Waals surface area contributed by atoms with Crippen molar-refractivity contribution in [2.24, 2.45) is 0 Å². The first-order valence-corrected chi connectivity index (χ1v) is 9.70. The molecule has 0 atom stereocenters. The van der Waals surface area contributed by atoms with Crippen LogP contribution in [0.2, 0.25) is 0 Å². The van der Waals surface area contributed by atoms with E-state index in [-0.39, 0.29) is 29.6 Å². The topological polar surface area (TPSA) is 55.2 Å². The third-order valence-corrected chi connectivity index (χ3v) is 4.68. The van der Waals surface area contributed by atoms with Crippen molar-refractivity contribution in [3.05, 3.63) is 76.2 Å². The van der Waals surface area contributed by atoms with E-state index in [1.165, 1.54) is 6.07 Å². The number of rotatable bonds is 7. The summed E-state index contributed by atoms with van der Waals surface area (Å²) in [5.41, 5.74) is 0.238.